The molecular weight excluding hydrogens is 238 g/mol. The highest BCUT2D eigenvalue weighted by Crippen LogP contribution is 2.29. The Bertz CT molecular complexity index is 396. The van der Waals surface area contributed by atoms with E-state index in [1.165, 1.54) is 11.3 Å². The molecule has 0 aliphatic heterocycles. The van der Waals surface area contributed by atoms with Gasteiger partial charge in [-0.1, -0.05) is 20.8 Å². The van der Waals surface area contributed by atoms with E-state index in [1.807, 2.05) is 20.8 Å². The lowest BCUT2D eigenvalue weighted by molar-refractivity contribution is 0.0955. The number of nitrogen functional groups attached to an aromatic ring is 1. The van der Waals surface area contributed by atoms with Crippen LogP contribution in [0.1, 0.15) is 41.1 Å². The molecule has 0 bridgehead atoms. The lowest BCUT2D eigenvalue weighted by Gasteiger charge is -2.16. The molecule has 0 unspecified atom stereocenters. The maximum absolute atomic E-state index is 11.7. The fourth-order valence-electron chi connectivity index (χ4n) is 1.39. The number of hydrogen-bond acceptors (Lipinski definition) is 5. The van der Waals surface area contributed by atoms with E-state index in [9.17, 15) is 4.79 Å². The Morgan fingerprint density at radius 3 is 2.65 bits per heavy atom. The van der Waals surface area contributed by atoms with Gasteiger partial charge in [0.1, 0.15) is 4.88 Å². The number of hydrogen-bond donors (Lipinski definition) is 2. The summed E-state index contributed by atoms with van der Waals surface area (Å²) in [5.74, 6) is 4.90. The average molecular weight is 257 g/mol. The summed E-state index contributed by atoms with van der Waals surface area (Å²) in [6.45, 7) is 6.67. The molecule has 0 aliphatic carbocycles. The van der Waals surface area contributed by atoms with Crippen LogP contribution in [0.3, 0.4) is 0 Å². The SMILES string of the molecule is COCCc1nc(C(C)(C)C)c(C(=O)NN)s1. The topological polar surface area (TPSA) is 77.2 Å². The number of aromatic nitrogens is 1. The van der Waals surface area contributed by atoms with Gasteiger partial charge in [0.2, 0.25) is 0 Å². The van der Waals surface area contributed by atoms with Gasteiger partial charge in [-0.05, 0) is 0 Å². The van der Waals surface area contributed by atoms with E-state index < -0.39 is 0 Å². The first-order chi connectivity index (χ1) is 7.90. The molecule has 0 aliphatic rings. The molecule has 17 heavy (non-hydrogen) atoms. The molecule has 6 heteroatoms. The first-order valence-electron chi connectivity index (χ1n) is 5.40. The van der Waals surface area contributed by atoms with Crippen LogP contribution in [0.5, 0.6) is 0 Å². The van der Waals surface area contributed by atoms with Crippen LogP contribution in [0.2, 0.25) is 0 Å². The number of ether oxygens (including phenoxy) is 1. The van der Waals surface area contributed by atoms with Crippen molar-refractivity contribution in [1.29, 1.82) is 0 Å². The van der Waals surface area contributed by atoms with Crippen molar-refractivity contribution in [3.63, 3.8) is 0 Å². The monoisotopic (exact) mass is 257 g/mol. The van der Waals surface area contributed by atoms with Crippen LogP contribution in [-0.2, 0) is 16.6 Å². The molecule has 0 atom stereocenters. The minimum absolute atomic E-state index is 0.177. The van der Waals surface area contributed by atoms with Gasteiger partial charge < -0.3 is 4.74 Å². The molecule has 5 nitrogen and oxygen atoms in total. The van der Waals surface area contributed by atoms with Crippen LogP contribution in [0, 0.1) is 0 Å². The Kier molecular flexibility index (Phi) is 4.62. The standard InChI is InChI=1S/C11H19N3O2S/c1-11(2,3)9-8(10(15)14-12)17-7(13-9)5-6-16-4/h5-6,12H2,1-4H3,(H,14,15). The number of carbonyl (C=O) groups is 1. The summed E-state index contributed by atoms with van der Waals surface area (Å²) in [4.78, 5) is 16.8. The number of nitrogens with one attached hydrogen (secondary N) is 1. The van der Waals surface area contributed by atoms with Gasteiger partial charge in [-0.2, -0.15) is 0 Å². The smallest absolute Gasteiger partial charge is 0.277 e. The Morgan fingerprint density at radius 1 is 1.53 bits per heavy atom. The van der Waals surface area contributed by atoms with Crippen molar-refractivity contribution in [2.24, 2.45) is 5.84 Å². The van der Waals surface area contributed by atoms with Gasteiger partial charge in [0.15, 0.2) is 0 Å². The molecule has 96 valence electrons. The minimum Gasteiger partial charge on any atom is -0.384 e. The number of nitrogens with zero attached hydrogens (tertiary/aromatic N) is 1. The van der Waals surface area contributed by atoms with E-state index in [2.05, 4.69) is 10.4 Å². The summed E-state index contributed by atoms with van der Waals surface area (Å²) in [5, 5.41) is 0.898. The number of methoxy groups -OCH3 is 1. The summed E-state index contributed by atoms with van der Waals surface area (Å²) in [5.41, 5.74) is 2.77. The second-order valence-electron chi connectivity index (χ2n) is 4.75. The van der Waals surface area contributed by atoms with Crippen LogP contribution < -0.4 is 11.3 Å². The third-order valence-electron chi connectivity index (χ3n) is 2.24. The largest absolute Gasteiger partial charge is 0.384 e. The lowest BCUT2D eigenvalue weighted by Crippen LogP contribution is -2.31. The second kappa shape index (κ2) is 5.57. The molecule has 0 radical (unpaired) electrons. The van der Waals surface area contributed by atoms with E-state index in [-0.39, 0.29) is 11.3 Å². The predicted molar refractivity (Wildman–Crippen MR) is 68.0 cm³/mol. The van der Waals surface area contributed by atoms with Gasteiger partial charge in [0.25, 0.3) is 5.91 Å². The highest BCUT2D eigenvalue weighted by Gasteiger charge is 2.26. The molecule has 1 amide bonds. The fraction of sp³-hybridized carbons (Fsp3) is 0.636. The van der Waals surface area contributed by atoms with Gasteiger partial charge in [-0.25, -0.2) is 10.8 Å². The lowest BCUT2D eigenvalue weighted by atomic mass is 9.91. The molecule has 1 aromatic rings. The summed E-state index contributed by atoms with van der Waals surface area (Å²) >= 11 is 1.38. The second-order valence-corrected chi connectivity index (χ2v) is 5.84. The summed E-state index contributed by atoms with van der Waals surface area (Å²) in [7, 11) is 1.64. The van der Waals surface area contributed by atoms with Gasteiger partial charge in [0.05, 0.1) is 17.3 Å². The zero-order valence-electron chi connectivity index (χ0n) is 10.7. The molecule has 0 spiro atoms. The van der Waals surface area contributed by atoms with Crippen molar-refractivity contribution >= 4 is 17.2 Å². The predicted octanol–water partition coefficient (Wildman–Crippen LogP) is 1.23. The third kappa shape index (κ3) is 3.49. The molecule has 0 saturated heterocycles. The normalized spacial score (nSPS) is 11.6. The minimum atomic E-state index is -0.281. The Hall–Kier alpha value is -0.980. The van der Waals surface area contributed by atoms with Gasteiger partial charge in [0, 0.05) is 18.9 Å². The van der Waals surface area contributed by atoms with Crippen molar-refractivity contribution in [3.05, 3.63) is 15.6 Å². The van der Waals surface area contributed by atoms with Crippen molar-refractivity contribution in [2.75, 3.05) is 13.7 Å². The molecule has 0 saturated carbocycles. The van der Waals surface area contributed by atoms with Gasteiger partial charge in [-0.15, -0.1) is 11.3 Å². The van der Waals surface area contributed by atoms with Crippen LogP contribution in [0.4, 0.5) is 0 Å². The molecular formula is C11H19N3O2S. The van der Waals surface area contributed by atoms with Crippen molar-refractivity contribution in [1.82, 2.24) is 10.4 Å². The summed E-state index contributed by atoms with van der Waals surface area (Å²) in [6, 6.07) is 0. The zero-order chi connectivity index (χ0) is 13.1. The van der Waals surface area contributed by atoms with Crippen molar-refractivity contribution < 1.29 is 9.53 Å². The number of carbonyl (C=O) groups excluding carboxylic acids is 1. The maximum Gasteiger partial charge on any atom is 0.277 e. The molecule has 3 N–H and O–H groups in total. The van der Waals surface area contributed by atoms with Crippen LogP contribution >= 0.6 is 11.3 Å². The van der Waals surface area contributed by atoms with Crippen LogP contribution in [-0.4, -0.2) is 24.6 Å². The van der Waals surface area contributed by atoms with E-state index in [0.29, 0.717) is 17.9 Å². The number of rotatable bonds is 4. The Morgan fingerprint density at radius 2 is 2.18 bits per heavy atom. The Labute approximate surface area is 105 Å². The fourth-order valence-corrected chi connectivity index (χ4v) is 2.55. The van der Waals surface area contributed by atoms with E-state index in [4.69, 9.17) is 10.6 Å². The van der Waals surface area contributed by atoms with Crippen LogP contribution in [0.15, 0.2) is 0 Å². The molecule has 1 rings (SSSR count). The van der Waals surface area contributed by atoms with Crippen molar-refractivity contribution in [3.8, 4) is 0 Å². The summed E-state index contributed by atoms with van der Waals surface area (Å²) in [6.07, 6.45) is 0.710. The number of thiazole rings is 1. The molecule has 0 fully saturated rings. The average Bonchev–Trinajstić information content (AvgIpc) is 2.69. The van der Waals surface area contributed by atoms with Crippen LogP contribution in [0.25, 0.3) is 0 Å². The third-order valence-corrected chi connectivity index (χ3v) is 3.35. The van der Waals surface area contributed by atoms with Crippen molar-refractivity contribution in [2.45, 2.75) is 32.6 Å². The molecule has 1 heterocycles. The highest BCUT2D eigenvalue weighted by atomic mass is 32.1. The highest BCUT2D eigenvalue weighted by molar-refractivity contribution is 7.13. The first-order valence-corrected chi connectivity index (χ1v) is 6.22. The number of nitrogens with two attached hydrogens (primary N) is 1. The van der Waals surface area contributed by atoms with E-state index >= 15 is 0 Å². The number of hydrazine groups is 1. The molecule has 1 aromatic heterocycles. The molecule has 0 aromatic carbocycles. The quantitative estimate of drug-likeness (QED) is 0.483. The van der Waals surface area contributed by atoms with Gasteiger partial charge >= 0.3 is 0 Å². The Balaban J connectivity index is 3.08. The van der Waals surface area contributed by atoms with Gasteiger partial charge in [-0.3, -0.25) is 10.2 Å². The number of amides is 1. The zero-order valence-corrected chi connectivity index (χ0v) is 11.5. The van der Waals surface area contributed by atoms with E-state index in [1.54, 1.807) is 7.11 Å². The maximum atomic E-state index is 11.7. The van der Waals surface area contributed by atoms with E-state index in [0.717, 1.165) is 10.7 Å². The summed E-state index contributed by atoms with van der Waals surface area (Å²) < 4.78 is 5.01. The first kappa shape index (κ1) is 14.1.